The van der Waals surface area contributed by atoms with Crippen molar-refractivity contribution in [2.45, 2.75) is 45.6 Å². The second-order valence-corrected chi connectivity index (χ2v) is 6.58. The van der Waals surface area contributed by atoms with E-state index < -0.39 is 0 Å². The maximum atomic E-state index is 12.6. The number of imidazole rings is 1. The number of aromatic nitrogens is 4. The molecule has 0 aromatic carbocycles. The Bertz CT molecular complexity index is 713. The number of hydrogen-bond donors (Lipinski definition) is 1. The van der Waals surface area contributed by atoms with E-state index in [2.05, 4.69) is 26.4 Å². The van der Waals surface area contributed by atoms with Gasteiger partial charge in [0.05, 0.1) is 5.69 Å². The Labute approximate surface area is 148 Å². The second kappa shape index (κ2) is 8.09. The fraction of sp³-hybridized carbons (Fsp3) is 0.556. The van der Waals surface area contributed by atoms with Gasteiger partial charge in [0.15, 0.2) is 0 Å². The van der Waals surface area contributed by atoms with Gasteiger partial charge in [0, 0.05) is 57.3 Å². The van der Waals surface area contributed by atoms with Crippen molar-refractivity contribution in [3.05, 3.63) is 36.3 Å². The van der Waals surface area contributed by atoms with Gasteiger partial charge in [-0.25, -0.2) is 9.97 Å². The third-order valence-electron chi connectivity index (χ3n) is 4.84. The standard InChI is InChI=1S/C18H26N6O/c1-2-16-21-8-11-23(16)10-5-17(25)24-9-3-4-14(13-24)12-15-18(19)22-7-6-20-15/h6-8,11,14H,2-5,9-10,12-13H2,1H3,(H2,19,22)/t14-/m0/s1. The number of anilines is 1. The van der Waals surface area contributed by atoms with Crippen molar-refractivity contribution in [2.24, 2.45) is 5.92 Å². The van der Waals surface area contributed by atoms with Gasteiger partial charge in [-0.15, -0.1) is 0 Å². The molecule has 0 saturated carbocycles. The Morgan fingerprint density at radius 2 is 2.12 bits per heavy atom. The zero-order chi connectivity index (χ0) is 17.6. The summed E-state index contributed by atoms with van der Waals surface area (Å²) in [6.45, 7) is 4.39. The first kappa shape index (κ1) is 17.4. The van der Waals surface area contributed by atoms with Gasteiger partial charge in [-0.05, 0) is 25.2 Å². The van der Waals surface area contributed by atoms with Crippen molar-refractivity contribution in [3.63, 3.8) is 0 Å². The Morgan fingerprint density at radius 3 is 2.92 bits per heavy atom. The molecule has 2 aromatic rings. The molecule has 1 saturated heterocycles. The number of nitrogen functional groups attached to an aromatic ring is 1. The van der Waals surface area contributed by atoms with Crippen LogP contribution in [0.25, 0.3) is 0 Å². The van der Waals surface area contributed by atoms with Gasteiger partial charge in [0.2, 0.25) is 5.91 Å². The highest BCUT2D eigenvalue weighted by molar-refractivity contribution is 5.76. The Morgan fingerprint density at radius 1 is 1.28 bits per heavy atom. The zero-order valence-corrected chi connectivity index (χ0v) is 14.8. The van der Waals surface area contributed by atoms with Crippen molar-refractivity contribution < 1.29 is 4.79 Å². The first-order valence-corrected chi connectivity index (χ1v) is 9.00. The molecule has 7 nitrogen and oxygen atoms in total. The van der Waals surface area contributed by atoms with Gasteiger partial charge in [0.25, 0.3) is 0 Å². The topological polar surface area (TPSA) is 89.9 Å². The van der Waals surface area contributed by atoms with Crippen LogP contribution in [0.3, 0.4) is 0 Å². The molecule has 0 unspecified atom stereocenters. The monoisotopic (exact) mass is 342 g/mol. The van der Waals surface area contributed by atoms with Crippen LogP contribution in [0.2, 0.25) is 0 Å². The molecule has 1 aliphatic heterocycles. The molecule has 2 N–H and O–H groups in total. The lowest BCUT2D eigenvalue weighted by molar-refractivity contribution is -0.133. The number of aryl methyl sites for hydroxylation is 2. The summed E-state index contributed by atoms with van der Waals surface area (Å²) in [5, 5.41) is 0. The van der Waals surface area contributed by atoms with Crippen LogP contribution in [0.15, 0.2) is 24.8 Å². The van der Waals surface area contributed by atoms with Crippen molar-refractivity contribution in [2.75, 3.05) is 18.8 Å². The van der Waals surface area contributed by atoms with Crippen molar-refractivity contribution in [1.29, 1.82) is 0 Å². The van der Waals surface area contributed by atoms with E-state index in [-0.39, 0.29) is 5.91 Å². The molecular formula is C18H26N6O. The van der Waals surface area contributed by atoms with Crippen LogP contribution in [0.4, 0.5) is 5.82 Å². The first-order valence-electron chi connectivity index (χ1n) is 9.00. The molecule has 0 bridgehead atoms. The van der Waals surface area contributed by atoms with Crippen LogP contribution in [-0.4, -0.2) is 43.4 Å². The number of likely N-dealkylation sites (tertiary alicyclic amines) is 1. The summed E-state index contributed by atoms with van der Waals surface area (Å²) in [5.74, 6) is 2.14. The molecule has 1 amide bonds. The lowest BCUT2D eigenvalue weighted by Crippen LogP contribution is -2.41. The highest BCUT2D eigenvalue weighted by Crippen LogP contribution is 2.22. The minimum Gasteiger partial charge on any atom is -0.382 e. The summed E-state index contributed by atoms with van der Waals surface area (Å²) in [4.78, 5) is 27.3. The molecule has 2 aromatic heterocycles. The van der Waals surface area contributed by atoms with Gasteiger partial charge < -0.3 is 15.2 Å². The van der Waals surface area contributed by atoms with Crippen LogP contribution in [0.1, 0.15) is 37.7 Å². The number of hydrogen-bond acceptors (Lipinski definition) is 5. The number of amides is 1. The van der Waals surface area contributed by atoms with E-state index in [1.165, 1.54) is 0 Å². The Kier molecular flexibility index (Phi) is 5.63. The molecule has 0 spiro atoms. The quantitative estimate of drug-likeness (QED) is 0.863. The fourth-order valence-corrected chi connectivity index (χ4v) is 3.50. The van der Waals surface area contributed by atoms with E-state index in [9.17, 15) is 4.79 Å². The number of piperidine rings is 1. The lowest BCUT2D eigenvalue weighted by Gasteiger charge is -2.33. The van der Waals surface area contributed by atoms with Crippen LogP contribution >= 0.6 is 0 Å². The molecule has 1 aliphatic rings. The van der Waals surface area contributed by atoms with Crippen LogP contribution in [-0.2, 0) is 24.2 Å². The lowest BCUT2D eigenvalue weighted by atomic mass is 9.93. The molecule has 3 heterocycles. The van der Waals surface area contributed by atoms with E-state index in [4.69, 9.17) is 5.73 Å². The number of rotatable bonds is 6. The average molecular weight is 342 g/mol. The third-order valence-corrected chi connectivity index (χ3v) is 4.84. The molecule has 134 valence electrons. The summed E-state index contributed by atoms with van der Waals surface area (Å²) in [6.07, 6.45) is 11.3. The zero-order valence-electron chi connectivity index (χ0n) is 14.8. The predicted molar refractivity (Wildman–Crippen MR) is 95.7 cm³/mol. The molecule has 0 radical (unpaired) electrons. The number of carbonyl (C=O) groups is 1. The fourth-order valence-electron chi connectivity index (χ4n) is 3.50. The van der Waals surface area contributed by atoms with Gasteiger partial charge in [0.1, 0.15) is 11.6 Å². The van der Waals surface area contributed by atoms with Crippen LogP contribution < -0.4 is 5.73 Å². The van der Waals surface area contributed by atoms with E-state index in [1.807, 2.05) is 11.1 Å². The summed E-state index contributed by atoms with van der Waals surface area (Å²) >= 11 is 0. The summed E-state index contributed by atoms with van der Waals surface area (Å²) in [6, 6.07) is 0. The van der Waals surface area contributed by atoms with Crippen molar-refractivity contribution >= 4 is 11.7 Å². The minimum atomic E-state index is 0.215. The van der Waals surface area contributed by atoms with Crippen LogP contribution in [0.5, 0.6) is 0 Å². The highest BCUT2D eigenvalue weighted by atomic mass is 16.2. The predicted octanol–water partition coefficient (Wildman–Crippen LogP) is 1.69. The average Bonchev–Trinajstić information content (AvgIpc) is 3.09. The van der Waals surface area contributed by atoms with Crippen molar-refractivity contribution in [1.82, 2.24) is 24.4 Å². The first-order chi connectivity index (χ1) is 12.2. The molecule has 1 fully saturated rings. The smallest absolute Gasteiger partial charge is 0.224 e. The summed E-state index contributed by atoms with van der Waals surface area (Å²) in [5.41, 5.74) is 6.74. The van der Waals surface area contributed by atoms with E-state index in [0.717, 1.165) is 50.3 Å². The van der Waals surface area contributed by atoms with Gasteiger partial charge >= 0.3 is 0 Å². The summed E-state index contributed by atoms with van der Waals surface area (Å²) < 4.78 is 2.07. The van der Waals surface area contributed by atoms with Gasteiger partial charge in [-0.3, -0.25) is 9.78 Å². The van der Waals surface area contributed by atoms with E-state index in [1.54, 1.807) is 18.6 Å². The van der Waals surface area contributed by atoms with Crippen LogP contribution in [0, 0.1) is 5.92 Å². The Balaban J connectivity index is 1.54. The van der Waals surface area contributed by atoms with Gasteiger partial charge in [-0.2, -0.15) is 0 Å². The largest absolute Gasteiger partial charge is 0.382 e. The Hall–Kier alpha value is -2.44. The number of carbonyl (C=O) groups excluding carboxylic acids is 1. The number of nitrogens with zero attached hydrogens (tertiary/aromatic N) is 5. The maximum absolute atomic E-state index is 12.6. The molecule has 25 heavy (non-hydrogen) atoms. The molecule has 3 rings (SSSR count). The third kappa shape index (κ3) is 4.35. The van der Waals surface area contributed by atoms with Gasteiger partial charge in [-0.1, -0.05) is 6.92 Å². The summed E-state index contributed by atoms with van der Waals surface area (Å²) in [7, 11) is 0. The molecule has 0 aliphatic carbocycles. The second-order valence-electron chi connectivity index (χ2n) is 6.58. The highest BCUT2D eigenvalue weighted by Gasteiger charge is 2.24. The van der Waals surface area contributed by atoms with E-state index in [0.29, 0.717) is 24.7 Å². The molecular weight excluding hydrogens is 316 g/mol. The minimum absolute atomic E-state index is 0.215. The number of nitrogens with two attached hydrogens (primary N) is 1. The van der Waals surface area contributed by atoms with Crippen molar-refractivity contribution in [3.8, 4) is 0 Å². The SMILES string of the molecule is CCc1nccn1CCC(=O)N1CCC[C@@H](Cc2nccnc2N)C1. The maximum Gasteiger partial charge on any atom is 0.224 e. The normalized spacial score (nSPS) is 17.6. The van der Waals surface area contributed by atoms with E-state index >= 15 is 0 Å². The molecule has 7 heteroatoms. The molecule has 1 atom stereocenters.